The van der Waals surface area contributed by atoms with Crippen molar-refractivity contribution < 1.29 is 53.1 Å². The van der Waals surface area contributed by atoms with E-state index in [1.807, 2.05) is 48.5 Å². The van der Waals surface area contributed by atoms with Crippen molar-refractivity contribution in [3.05, 3.63) is 114 Å². The fraction of sp³-hybridized carbons (Fsp3) is 0.431. The van der Waals surface area contributed by atoms with Crippen molar-refractivity contribution in [1.82, 2.24) is 4.90 Å². The van der Waals surface area contributed by atoms with E-state index in [1.165, 1.54) is 14.2 Å². The highest BCUT2D eigenvalue weighted by Crippen LogP contribution is 2.62. The van der Waals surface area contributed by atoms with Crippen LogP contribution >= 0.6 is 11.6 Å². The number of alkyl halides is 1. The van der Waals surface area contributed by atoms with Crippen LogP contribution in [0.15, 0.2) is 108 Å². The van der Waals surface area contributed by atoms with E-state index in [4.69, 9.17) is 44.9 Å². The molecule has 0 bridgehead atoms. The lowest BCUT2D eigenvalue weighted by Gasteiger charge is -2.59. The first-order valence-electron chi connectivity index (χ1n) is 22.5. The van der Waals surface area contributed by atoms with Crippen molar-refractivity contribution in [1.29, 1.82) is 0 Å². The van der Waals surface area contributed by atoms with Gasteiger partial charge in [0, 0.05) is 37.2 Å². The fourth-order valence-corrected chi connectivity index (χ4v) is 10.2. The van der Waals surface area contributed by atoms with Crippen LogP contribution in [0.1, 0.15) is 62.0 Å². The molecule has 15 heteroatoms. The zero-order chi connectivity index (χ0) is 46.6. The summed E-state index contributed by atoms with van der Waals surface area (Å²) in [6.45, 7) is 4.30. The van der Waals surface area contributed by atoms with Gasteiger partial charge in [-0.3, -0.25) is 10.2 Å². The Labute approximate surface area is 391 Å². The van der Waals surface area contributed by atoms with Gasteiger partial charge in [0.1, 0.15) is 42.8 Å². The number of anilines is 1. The van der Waals surface area contributed by atoms with E-state index in [1.54, 1.807) is 48.4 Å². The molecule has 1 saturated carbocycles. The molecule has 0 spiro atoms. The summed E-state index contributed by atoms with van der Waals surface area (Å²) in [4.78, 5) is 35.6. The van der Waals surface area contributed by atoms with Gasteiger partial charge in [-0.1, -0.05) is 72.6 Å². The number of rotatable bonds is 21. The van der Waals surface area contributed by atoms with Gasteiger partial charge in [0.25, 0.3) is 0 Å². The standard InChI is InChI=1S/C51H60ClN3O11/c1-5-26-64-51-46(55(50(59)63-27-23-52)32-35-16-12-15-33-13-6-7-17-38(33)35)31-43(54-62-4)40-28-34(14-8-10-24-56)39(18-9-11-25-57)47(48(40)51)41-29-37(20-22-44(41)66-51)65-49(58)53-42-21-19-36(60-2)30-45(42)61-3/h5-7,12-13,15-17,19-22,28-30,34,39,46-48,56-57H,1,8-11,14,18,23-27,31-32H2,2-4H3,(H,53,58)/t34-,39+,46-,47+,48+,51+/m0/s1. The van der Waals surface area contributed by atoms with E-state index in [-0.39, 0.29) is 68.8 Å². The molecule has 4 aromatic rings. The third-order valence-electron chi connectivity index (χ3n) is 12.8. The molecule has 0 saturated heterocycles. The summed E-state index contributed by atoms with van der Waals surface area (Å²) in [5.74, 6) is -0.794. The number of aliphatic hydroxyl groups is 2. The molecule has 352 valence electrons. The first kappa shape index (κ1) is 48.1. The van der Waals surface area contributed by atoms with Crippen LogP contribution in [0, 0.1) is 17.8 Å². The number of nitrogens with zero attached hydrogens (tertiary/aromatic N) is 2. The highest BCUT2D eigenvalue weighted by molar-refractivity contribution is 6.18. The van der Waals surface area contributed by atoms with Crippen molar-refractivity contribution in [2.45, 2.75) is 69.2 Å². The number of benzene rings is 4. The molecule has 2 aliphatic carbocycles. The second-order valence-electron chi connectivity index (χ2n) is 16.6. The summed E-state index contributed by atoms with van der Waals surface area (Å²) >= 11 is 6.13. The Balaban J connectivity index is 1.41. The average Bonchev–Trinajstić information content (AvgIpc) is 3.33. The number of methoxy groups -OCH3 is 2. The van der Waals surface area contributed by atoms with Gasteiger partial charge in [0.15, 0.2) is 0 Å². The van der Waals surface area contributed by atoms with E-state index in [2.05, 4.69) is 23.1 Å². The predicted octanol–water partition coefficient (Wildman–Crippen LogP) is 9.61. The van der Waals surface area contributed by atoms with Crippen molar-refractivity contribution in [3.8, 4) is 23.0 Å². The van der Waals surface area contributed by atoms with E-state index in [0.717, 1.165) is 46.7 Å². The molecule has 2 amide bonds. The van der Waals surface area contributed by atoms with Crippen LogP contribution in [0.5, 0.6) is 23.0 Å². The highest BCUT2D eigenvalue weighted by atomic mass is 35.5. The third-order valence-corrected chi connectivity index (χ3v) is 13.0. The molecule has 4 aromatic carbocycles. The number of hydrogen-bond acceptors (Lipinski definition) is 12. The highest BCUT2D eigenvalue weighted by Gasteiger charge is 2.65. The van der Waals surface area contributed by atoms with Crippen LogP contribution in [-0.2, 0) is 20.9 Å². The molecule has 7 rings (SSSR count). The Morgan fingerprint density at radius 1 is 0.955 bits per heavy atom. The number of oxime groups is 1. The van der Waals surface area contributed by atoms with Crippen LogP contribution in [-0.4, -0.2) is 98.5 Å². The van der Waals surface area contributed by atoms with Gasteiger partial charge in [-0.2, -0.15) is 0 Å². The maximum absolute atomic E-state index is 14.7. The Hall–Kier alpha value is -5.80. The SMILES string of the molecule is C=CCO[C@@]12Oc3ccc(OC(=O)Nc4ccc(OC)cc4OC)cc3[C@H]3[C@H](CCCCO)[C@@H](CCCCO)C=C(C(=NOC)C[C@@H]1N(Cc1cccc4ccccc14)C(=O)OCCCl)[C@H]32. The summed E-state index contributed by atoms with van der Waals surface area (Å²) in [5, 5.41) is 29.4. The quantitative estimate of drug-likeness (QED) is 0.0315. The minimum absolute atomic E-state index is 0.0102. The number of halogens is 1. The smallest absolute Gasteiger partial charge is 0.417 e. The van der Waals surface area contributed by atoms with Gasteiger partial charge in [0.05, 0.1) is 50.6 Å². The second kappa shape index (κ2) is 22.6. The van der Waals surface area contributed by atoms with Crippen LogP contribution in [0.2, 0.25) is 0 Å². The normalized spacial score (nSPS) is 22.2. The number of ether oxygens (including phenoxy) is 6. The largest absolute Gasteiger partial charge is 0.497 e. The molecule has 0 unspecified atom stereocenters. The van der Waals surface area contributed by atoms with Gasteiger partial charge in [-0.05, 0) is 89.8 Å². The molecular formula is C51H60ClN3O11. The second-order valence-corrected chi connectivity index (χ2v) is 17.0. The minimum Gasteiger partial charge on any atom is -0.497 e. The van der Waals surface area contributed by atoms with E-state index < -0.39 is 29.9 Å². The van der Waals surface area contributed by atoms with Crippen molar-refractivity contribution in [2.24, 2.45) is 22.9 Å². The lowest BCUT2D eigenvalue weighted by Crippen LogP contribution is -2.70. The van der Waals surface area contributed by atoms with E-state index in [0.29, 0.717) is 47.9 Å². The molecule has 0 aromatic heterocycles. The maximum Gasteiger partial charge on any atom is 0.417 e. The summed E-state index contributed by atoms with van der Waals surface area (Å²) in [7, 11) is 4.54. The number of amides is 2. The Morgan fingerprint density at radius 2 is 1.73 bits per heavy atom. The molecule has 6 atom stereocenters. The minimum atomic E-state index is -1.55. The molecule has 14 nitrogen and oxygen atoms in total. The van der Waals surface area contributed by atoms with Crippen LogP contribution in [0.4, 0.5) is 15.3 Å². The number of carbonyl (C=O) groups is 2. The lowest BCUT2D eigenvalue weighted by molar-refractivity contribution is -0.256. The van der Waals surface area contributed by atoms with Gasteiger partial charge in [-0.25, -0.2) is 9.59 Å². The molecule has 1 fully saturated rings. The van der Waals surface area contributed by atoms with Gasteiger partial charge in [-0.15, -0.1) is 18.2 Å². The molecule has 1 aliphatic heterocycles. The van der Waals surface area contributed by atoms with Gasteiger partial charge < -0.3 is 43.5 Å². The van der Waals surface area contributed by atoms with E-state index in [9.17, 15) is 19.8 Å². The van der Waals surface area contributed by atoms with Crippen molar-refractivity contribution >= 4 is 46.0 Å². The summed E-state index contributed by atoms with van der Waals surface area (Å²) in [5.41, 5.74) is 3.53. The first-order valence-corrected chi connectivity index (χ1v) is 23.1. The number of hydrogen-bond donors (Lipinski definition) is 3. The van der Waals surface area contributed by atoms with Crippen molar-refractivity contribution in [3.63, 3.8) is 0 Å². The first-order chi connectivity index (χ1) is 32.2. The van der Waals surface area contributed by atoms with Gasteiger partial charge in [0.2, 0.25) is 5.79 Å². The van der Waals surface area contributed by atoms with E-state index >= 15 is 0 Å². The summed E-state index contributed by atoms with van der Waals surface area (Å²) < 4.78 is 37.1. The van der Waals surface area contributed by atoms with Crippen LogP contribution in [0.3, 0.4) is 0 Å². The molecule has 1 heterocycles. The number of allylic oxidation sites excluding steroid dienone is 1. The Morgan fingerprint density at radius 3 is 2.47 bits per heavy atom. The van der Waals surface area contributed by atoms with Crippen molar-refractivity contribution in [2.75, 3.05) is 59.0 Å². The summed E-state index contributed by atoms with van der Waals surface area (Å²) in [6.07, 6.45) is 6.94. The molecule has 66 heavy (non-hydrogen) atoms. The predicted molar refractivity (Wildman–Crippen MR) is 253 cm³/mol. The maximum atomic E-state index is 14.7. The van der Waals surface area contributed by atoms with Crippen LogP contribution < -0.4 is 24.3 Å². The number of fused-ring (bicyclic) bond motifs is 3. The zero-order valence-corrected chi connectivity index (χ0v) is 38.5. The number of unbranched alkanes of at least 4 members (excludes halogenated alkanes) is 2. The topological polar surface area (TPSA) is 167 Å². The summed E-state index contributed by atoms with van der Waals surface area (Å²) in [6, 6.07) is 23.5. The Kier molecular flexibility index (Phi) is 16.5. The monoisotopic (exact) mass is 925 g/mol. The fourth-order valence-electron chi connectivity index (χ4n) is 10.1. The van der Waals surface area contributed by atoms with Gasteiger partial charge >= 0.3 is 12.2 Å². The molecule has 3 aliphatic rings. The Bertz CT molecular complexity index is 2390. The third kappa shape index (κ3) is 10.3. The molecule has 3 N–H and O–H groups in total. The number of aliphatic hydroxyl groups excluding tert-OH is 2. The molecular weight excluding hydrogens is 866 g/mol. The zero-order valence-electron chi connectivity index (χ0n) is 37.8. The number of nitrogens with one attached hydrogen (secondary N) is 1. The lowest BCUT2D eigenvalue weighted by atomic mass is 9.55. The molecule has 0 radical (unpaired) electrons. The number of carbonyl (C=O) groups excluding carboxylic acids is 2. The van der Waals surface area contributed by atoms with Crippen LogP contribution in [0.25, 0.3) is 10.8 Å². The average molecular weight is 927 g/mol.